The minimum Gasteiger partial charge on any atom is -0.399 e. The van der Waals surface area contributed by atoms with Crippen molar-refractivity contribution in [2.45, 2.75) is 65.6 Å². The predicted octanol–water partition coefficient (Wildman–Crippen LogP) is 7.54. The lowest BCUT2D eigenvalue weighted by Crippen LogP contribution is -2.41. The van der Waals surface area contributed by atoms with Crippen LogP contribution < -0.4 is 5.46 Å². The summed E-state index contributed by atoms with van der Waals surface area (Å²) in [6.45, 7) is 12.7. The van der Waals surface area contributed by atoms with Crippen LogP contribution in [0.1, 0.15) is 52.9 Å². The molecule has 5 heteroatoms. The molecule has 0 atom stereocenters. The fraction of sp³-hybridized carbons (Fsp3) is 0.294. The van der Waals surface area contributed by atoms with Gasteiger partial charge in [-0.05, 0) is 86.5 Å². The minimum absolute atomic E-state index is 0.371. The van der Waals surface area contributed by atoms with Crippen LogP contribution in [0.4, 0.5) is 0 Å². The molecule has 196 valence electrons. The van der Waals surface area contributed by atoms with Gasteiger partial charge in [0.05, 0.1) is 22.2 Å². The van der Waals surface area contributed by atoms with Crippen LogP contribution in [0.2, 0.25) is 0 Å². The van der Waals surface area contributed by atoms with Gasteiger partial charge >= 0.3 is 7.12 Å². The standard InChI is InChI=1S/C34H35BN2O2/c1-7-27-17-15-22-16-18-29-30(21-28(8-2)37-32(29)31(22)36-27)25-13-9-11-23(19-25)24-12-10-14-26(20-24)35-38-33(3,4)34(5,6)39-35/h9-21H,7-8H2,1-6H3. The first-order valence-corrected chi connectivity index (χ1v) is 14.0. The molecule has 39 heavy (non-hydrogen) atoms. The van der Waals surface area contributed by atoms with Crippen LogP contribution in [0.15, 0.2) is 78.9 Å². The Morgan fingerprint density at radius 1 is 0.641 bits per heavy atom. The smallest absolute Gasteiger partial charge is 0.399 e. The third-order valence-corrected chi connectivity index (χ3v) is 8.39. The van der Waals surface area contributed by atoms with Crippen molar-refractivity contribution in [3.63, 3.8) is 0 Å². The first kappa shape index (κ1) is 25.7. The fourth-order valence-corrected chi connectivity index (χ4v) is 5.29. The van der Waals surface area contributed by atoms with E-state index in [-0.39, 0.29) is 18.3 Å². The van der Waals surface area contributed by atoms with E-state index in [4.69, 9.17) is 19.3 Å². The molecule has 1 aliphatic heterocycles. The Kier molecular flexibility index (Phi) is 6.32. The number of aryl methyl sites for hydroxylation is 2. The first-order chi connectivity index (χ1) is 18.7. The number of hydrogen-bond donors (Lipinski definition) is 0. The van der Waals surface area contributed by atoms with E-state index in [0.717, 1.165) is 62.6 Å². The average molecular weight is 514 g/mol. The number of aromatic nitrogens is 2. The number of rotatable bonds is 5. The van der Waals surface area contributed by atoms with Gasteiger partial charge in [-0.3, -0.25) is 9.97 Å². The lowest BCUT2D eigenvalue weighted by Gasteiger charge is -2.32. The van der Waals surface area contributed by atoms with Crippen molar-refractivity contribution >= 4 is 34.4 Å². The van der Waals surface area contributed by atoms with E-state index in [1.54, 1.807) is 0 Å². The van der Waals surface area contributed by atoms with Gasteiger partial charge in [-0.2, -0.15) is 0 Å². The van der Waals surface area contributed by atoms with Gasteiger partial charge in [0, 0.05) is 22.2 Å². The number of fused-ring (bicyclic) bond motifs is 3. The van der Waals surface area contributed by atoms with Crippen LogP contribution >= 0.6 is 0 Å². The van der Waals surface area contributed by atoms with Gasteiger partial charge in [-0.1, -0.05) is 74.5 Å². The van der Waals surface area contributed by atoms with Crippen molar-refractivity contribution in [1.29, 1.82) is 0 Å². The highest BCUT2D eigenvalue weighted by Crippen LogP contribution is 2.37. The average Bonchev–Trinajstić information content (AvgIpc) is 3.18. The van der Waals surface area contributed by atoms with Gasteiger partial charge in [-0.25, -0.2) is 0 Å². The number of hydrogen-bond acceptors (Lipinski definition) is 4. The molecule has 0 radical (unpaired) electrons. The molecule has 1 saturated heterocycles. The maximum absolute atomic E-state index is 6.32. The Morgan fingerprint density at radius 3 is 1.97 bits per heavy atom. The van der Waals surface area contributed by atoms with E-state index < -0.39 is 0 Å². The Hall–Kier alpha value is -3.54. The van der Waals surface area contributed by atoms with Crippen LogP contribution in [0, 0.1) is 0 Å². The first-order valence-electron chi connectivity index (χ1n) is 14.0. The van der Waals surface area contributed by atoms with Gasteiger partial charge in [0.2, 0.25) is 0 Å². The van der Waals surface area contributed by atoms with E-state index in [0.29, 0.717) is 0 Å². The molecule has 0 N–H and O–H groups in total. The van der Waals surface area contributed by atoms with Gasteiger partial charge in [0.1, 0.15) is 0 Å². The summed E-state index contributed by atoms with van der Waals surface area (Å²) in [6, 6.07) is 28.1. The molecule has 3 heterocycles. The van der Waals surface area contributed by atoms with E-state index in [1.165, 1.54) is 11.1 Å². The molecular weight excluding hydrogens is 479 g/mol. The number of pyridine rings is 2. The third kappa shape index (κ3) is 4.54. The molecule has 1 fully saturated rings. The van der Waals surface area contributed by atoms with Crippen LogP contribution in [0.25, 0.3) is 44.1 Å². The van der Waals surface area contributed by atoms with E-state index in [9.17, 15) is 0 Å². The van der Waals surface area contributed by atoms with Gasteiger partial charge < -0.3 is 9.31 Å². The molecule has 0 spiro atoms. The molecule has 0 saturated carbocycles. The van der Waals surface area contributed by atoms with Gasteiger partial charge in [0.15, 0.2) is 0 Å². The van der Waals surface area contributed by atoms with Crippen LogP contribution in [-0.2, 0) is 22.2 Å². The molecule has 3 aromatic carbocycles. The summed E-state index contributed by atoms with van der Waals surface area (Å²) in [5.74, 6) is 0. The van der Waals surface area contributed by atoms with Crippen molar-refractivity contribution < 1.29 is 9.31 Å². The summed E-state index contributed by atoms with van der Waals surface area (Å²) in [6.07, 6.45) is 1.77. The van der Waals surface area contributed by atoms with E-state index >= 15 is 0 Å². The molecule has 0 unspecified atom stereocenters. The Labute approximate surface area is 231 Å². The predicted molar refractivity (Wildman–Crippen MR) is 162 cm³/mol. The monoisotopic (exact) mass is 514 g/mol. The Bertz CT molecular complexity index is 1690. The molecule has 4 nitrogen and oxygen atoms in total. The normalized spacial score (nSPS) is 16.3. The molecule has 2 aromatic heterocycles. The van der Waals surface area contributed by atoms with E-state index in [1.807, 2.05) is 0 Å². The number of nitrogens with zero attached hydrogens (tertiary/aromatic N) is 2. The van der Waals surface area contributed by atoms with Gasteiger partial charge in [0.25, 0.3) is 0 Å². The van der Waals surface area contributed by atoms with Crippen molar-refractivity contribution in [2.24, 2.45) is 0 Å². The summed E-state index contributed by atoms with van der Waals surface area (Å²) >= 11 is 0. The lowest BCUT2D eigenvalue weighted by molar-refractivity contribution is 0.00578. The van der Waals surface area contributed by atoms with Crippen LogP contribution in [0.3, 0.4) is 0 Å². The summed E-state index contributed by atoms with van der Waals surface area (Å²) in [5, 5.41) is 2.25. The lowest BCUT2D eigenvalue weighted by atomic mass is 9.78. The van der Waals surface area contributed by atoms with E-state index in [2.05, 4.69) is 120 Å². The molecule has 0 bridgehead atoms. The zero-order chi connectivity index (χ0) is 27.4. The topological polar surface area (TPSA) is 44.2 Å². The molecule has 0 aliphatic carbocycles. The van der Waals surface area contributed by atoms with Crippen molar-refractivity contribution in [3.05, 3.63) is 90.3 Å². The van der Waals surface area contributed by atoms with Crippen LogP contribution in [-0.4, -0.2) is 28.3 Å². The second-order valence-corrected chi connectivity index (χ2v) is 11.5. The SMILES string of the molecule is CCc1ccc2ccc3c(-c4cccc(-c5cccc(B6OC(C)(C)C(C)(C)O6)c5)c4)cc(CC)nc3c2n1. The highest BCUT2D eigenvalue weighted by atomic mass is 16.7. The summed E-state index contributed by atoms with van der Waals surface area (Å²) in [5.41, 5.74) is 9.05. The van der Waals surface area contributed by atoms with Gasteiger partial charge in [-0.15, -0.1) is 0 Å². The summed E-state index contributed by atoms with van der Waals surface area (Å²) in [4.78, 5) is 10.0. The Balaban J connectivity index is 1.45. The highest BCUT2D eigenvalue weighted by Gasteiger charge is 2.51. The zero-order valence-electron chi connectivity index (χ0n) is 23.7. The number of benzene rings is 3. The van der Waals surface area contributed by atoms with Crippen molar-refractivity contribution in [3.8, 4) is 22.3 Å². The molecule has 0 amide bonds. The van der Waals surface area contributed by atoms with Crippen LogP contribution in [0.5, 0.6) is 0 Å². The largest absolute Gasteiger partial charge is 0.494 e. The maximum atomic E-state index is 6.32. The Morgan fingerprint density at radius 2 is 1.26 bits per heavy atom. The molecular formula is C34H35BN2O2. The second-order valence-electron chi connectivity index (χ2n) is 11.5. The van der Waals surface area contributed by atoms with Crippen molar-refractivity contribution in [2.75, 3.05) is 0 Å². The quantitative estimate of drug-likeness (QED) is 0.180. The molecule has 5 aromatic rings. The van der Waals surface area contributed by atoms with Crippen molar-refractivity contribution in [1.82, 2.24) is 9.97 Å². The summed E-state index contributed by atoms with van der Waals surface area (Å²) in [7, 11) is -0.386. The summed E-state index contributed by atoms with van der Waals surface area (Å²) < 4.78 is 12.6. The highest BCUT2D eigenvalue weighted by molar-refractivity contribution is 6.62. The third-order valence-electron chi connectivity index (χ3n) is 8.39. The minimum atomic E-state index is -0.386. The molecule has 1 aliphatic rings. The zero-order valence-corrected chi connectivity index (χ0v) is 23.7. The molecule has 6 rings (SSSR count). The maximum Gasteiger partial charge on any atom is 0.494 e. The second kappa shape index (κ2) is 9.58. The fourth-order valence-electron chi connectivity index (χ4n) is 5.29.